The van der Waals surface area contributed by atoms with E-state index in [9.17, 15) is 0 Å². The lowest BCUT2D eigenvalue weighted by Crippen LogP contribution is -2.31. The van der Waals surface area contributed by atoms with Gasteiger partial charge in [-0.05, 0) is 43.9 Å². The SMILES string of the molecule is ClCCN(CCCl)CCCNCCCNc1c2ccccc2nc2c1ccc1ccccc12. The molecule has 1 heterocycles. The summed E-state index contributed by atoms with van der Waals surface area (Å²) in [7, 11) is 0. The molecule has 4 aromatic rings. The number of hydrogen-bond acceptors (Lipinski definition) is 4. The lowest BCUT2D eigenvalue weighted by Gasteiger charge is -2.19. The molecule has 0 unspecified atom stereocenters. The van der Waals surface area contributed by atoms with Crippen molar-refractivity contribution in [3.05, 3.63) is 60.7 Å². The molecule has 0 bridgehead atoms. The molecule has 1 aromatic heterocycles. The molecule has 0 aliphatic heterocycles. The molecule has 174 valence electrons. The highest BCUT2D eigenvalue weighted by molar-refractivity contribution is 6.18. The van der Waals surface area contributed by atoms with Crippen molar-refractivity contribution in [1.82, 2.24) is 15.2 Å². The average molecular weight is 483 g/mol. The van der Waals surface area contributed by atoms with Crippen LogP contribution in [0.4, 0.5) is 5.69 Å². The number of fused-ring (bicyclic) bond motifs is 4. The van der Waals surface area contributed by atoms with E-state index in [0.29, 0.717) is 11.8 Å². The van der Waals surface area contributed by atoms with E-state index in [4.69, 9.17) is 28.2 Å². The Bertz CT molecular complexity index is 1170. The highest BCUT2D eigenvalue weighted by Crippen LogP contribution is 2.34. The van der Waals surface area contributed by atoms with Gasteiger partial charge in [0, 0.05) is 47.6 Å². The average Bonchev–Trinajstić information content (AvgIpc) is 2.85. The van der Waals surface area contributed by atoms with Gasteiger partial charge in [-0.3, -0.25) is 0 Å². The van der Waals surface area contributed by atoms with Crippen LogP contribution in [0.3, 0.4) is 0 Å². The minimum absolute atomic E-state index is 0.657. The third-order valence-electron chi connectivity index (χ3n) is 6.04. The summed E-state index contributed by atoms with van der Waals surface area (Å²) in [5, 5.41) is 12.1. The van der Waals surface area contributed by atoms with Crippen LogP contribution < -0.4 is 10.6 Å². The third kappa shape index (κ3) is 6.07. The van der Waals surface area contributed by atoms with Crippen LogP contribution in [0.1, 0.15) is 12.8 Å². The Morgan fingerprint density at radius 2 is 1.42 bits per heavy atom. The van der Waals surface area contributed by atoms with Crippen LogP contribution in [0, 0.1) is 0 Å². The Hall–Kier alpha value is -2.11. The van der Waals surface area contributed by atoms with Crippen molar-refractivity contribution in [2.45, 2.75) is 12.8 Å². The minimum atomic E-state index is 0.657. The second-order valence-corrected chi connectivity index (χ2v) is 9.05. The van der Waals surface area contributed by atoms with E-state index < -0.39 is 0 Å². The molecule has 0 aliphatic rings. The number of nitrogens with one attached hydrogen (secondary N) is 2. The molecule has 0 fully saturated rings. The van der Waals surface area contributed by atoms with E-state index >= 15 is 0 Å². The van der Waals surface area contributed by atoms with Crippen molar-refractivity contribution in [3.8, 4) is 0 Å². The van der Waals surface area contributed by atoms with Gasteiger partial charge in [-0.2, -0.15) is 0 Å². The topological polar surface area (TPSA) is 40.2 Å². The first-order chi connectivity index (χ1) is 16.3. The molecule has 0 saturated carbocycles. The van der Waals surface area contributed by atoms with E-state index in [1.165, 1.54) is 27.2 Å². The van der Waals surface area contributed by atoms with E-state index in [2.05, 4.69) is 76.2 Å². The molecular weight excluding hydrogens is 451 g/mol. The Balaban J connectivity index is 1.37. The molecule has 0 spiro atoms. The molecule has 4 nitrogen and oxygen atoms in total. The Kier molecular flexibility index (Phi) is 9.01. The normalized spacial score (nSPS) is 11.7. The highest BCUT2D eigenvalue weighted by atomic mass is 35.5. The lowest BCUT2D eigenvalue weighted by molar-refractivity contribution is 0.301. The molecule has 0 amide bonds. The summed E-state index contributed by atoms with van der Waals surface area (Å²) in [4.78, 5) is 7.34. The van der Waals surface area contributed by atoms with Crippen molar-refractivity contribution in [2.24, 2.45) is 0 Å². The fraction of sp³-hybridized carbons (Fsp3) is 0.370. The number of nitrogens with zero attached hydrogens (tertiary/aromatic N) is 2. The molecule has 6 heteroatoms. The molecule has 0 saturated heterocycles. The van der Waals surface area contributed by atoms with Gasteiger partial charge < -0.3 is 15.5 Å². The quantitative estimate of drug-likeness (QED) is 0.104. The number of benzene rings is 3. The standard InChI is InChI=1S/C27H32Cl2N4/c28-13-19-33(20-14-29)18-6-16-30-15-5-17-31-26-23-9-3-4-10-25(23)32-27-22-8-2-1-7-21(22)11-12-24(26)27/h1-4,7-12,30H,5-6,13-20H2,(H,31,32). The number of rotatable bonds is 13. The van der Waals surface area contributed by atoms with Crippen LogP contribution in [0.2, 0.25) is 0 Å². The van der Waals surface area contributed by atoms with E-state index in [0.717, 1.165) is 63.1 Å². The molecular formula is C27H32Cl2N4. The van der Waals surface area contributed by atoms with Crippen molar-refractivity contribution < 1.29 is 0 Å². The van der Waals surface area contributed by atoms with E-state index in [1.54, 1.807) is 0 Å². The summed E-state index contributed by atoms with van der Waals surface area (Å²) >= 11 is 11.7. The maximum Gasteiger partial charge on any atom is 0.0808 e. The van der Waals surface area contributed by atoms with Gasteiger partial charge >= 0.3 is 0 Å². The van der Waals surface area contributed by atoms with E-state index in [-0.39, 0.29) is 0 Å². The fourth-order valence-corrected chi connectivity index (χ4v) is 4.85. The maximum atomic E-state index is 5.87. The van der Waals surface area contributed by atoms with Gasteiger partial charge in [0.1, 0.15) is 0 Å². The minimum Gasteiger partial charge on any atom is -0.384 e. The predicted molar refractivity (Wildman–Crippen MR) is 145 cm³/mol. The zero-order chi connectivity index (χ0) is 22.9. The van der Waals surface area contributed by atoms with Gasteiger partial charge in [0.15, 0.2) is 0 Å². The Morgan fingerprint density at radius 3 is 2.24 bits per heavy atom. The lowest BCUT2D eigenvalue weighted by atomic mass is 10.0. The van der Waals surface area contributed by atoms with Crippen LogP contribution in [0.5, 0.6) is 0 Å². The van der Waals surface area contributed by atoms with Gasteiger partial charge in [-0.25, -0.2) is 4.98 Å². The summed E-state index contributed by atoms with van der Waals surface area (Å²) in [6.45, 7) is 5.75. The third-order valence-corrected chi connectivity index (χ3v) is 6.38. The van der Waals surface area contributed by atoms with Gasteiger partial charge in [0.2, 0.25) is 0 Å². The van der Waals surface area contributed by atoms with Gasteiger partial charge in [-0.1, -0.05) is 54.6 Å². The first kappa shape index (κ1) is 24.0. The van der Waals surface area contributed by atoms with Crippen molar-refractivity contribution in [3.63, 3.8) is 0 Å². The zero-order valence-corrected chi connectivity index (χ0v) is 20.5. The predicted octanol–water partition coefficient (Wildman–Crippen LogP) is 6.10. The molecule has 2 N–H and O–H groups in total. The van der Waals surface area contributed by atoms with Crippen molar-refractivity contribution in [2.75, 3.05) is 56.3 Å². The van der Waals surface area contributed by atoms with E-state index in [1.807, 2.05) is 0 Å². The Labute approximate surface area is 206 Å². The molecule has 3 aromatic carbocycles. The number of anilines is 1. The highest BCUT2D eigenvalue weighted by Gasteiger charge is 2.11. The monoisotopic (exact) mass is 482 g/mol. The number of halogens is 2. The molecule has 0 aliphatic carbocycles. The number of alkyl halides is 2. The molecule has 4 rings (SSSR count). The second-order valence-electron chi connectivity index (χ2n) is 8.29. The van der Waals surface area contributed by atoms with Crippen LogP contribution in [-0.4, -0.2) is 60.9 Å². The summed E-state index contributed by atoms with van der Waals surface area (Å²) < 4.78 is 0. The van der Waals surface area contributed by atoms with Crippen LogP contribution in [0.25, 0.3) is 32.6 Å². The Morgan fingerprint density at radius 1 is 0.697 bits per heavy atom. The smallest absolute Gasteiger partial charge is 0.0808 e. The first-order valence-electron chi connectivity index (χ1n) is 11.8. The summed E-state index contributed by atoms with van der Waals surface area (Å²) in [6, 6.07) is 21.3. The number of aromatic nitrogens is 1. The largest absolute Gasteiger partial charge is 0.384 e. The van der Waals surface area contributed by atoms with Gasteiger partial charge in [0.25, 0.3) is 0 Å². The number of para-hydroxylation sites is 1. The molecule has 33 heavy (non-hydrogen) atoms. The zero-order valence-electron chi connectivity index (χ0n) is 19.0. The number of hydrogen-bond donors (Lipinski definition) is 2. The van der Waals surface area contributed by atoms with Crippen molar-refractivity contribution >= 4 is 61.5 Å². The molecule has 0 atom stereocenters. The summed E-state index contributed by atoms with van der Waals surface area (Å²) in [6.07, 6.45) is 2.16. The second kappa shape index (κ2) is 12.4. The summed E-state index contributed by atoms with van der Waals surface area (Å²) in [5.41, 5.74) is 3.27. The van der Waals surface area contributed by atoms with Gasteiger partial charge in [-0.15, -0.1) is 23.2 Å². The first-order valence-corrected chi connectivity index (χ1v) is 12.9. The molecule has 0 radical (unpaired) electrons. The van der Waals surface area contributed by atoms with Crippen LogP contribution >= 0.6 is 23.2 Å². The van der Waals surface area contributed by atoms with Gasteiger partial charge in [0.05, 0.1) is 16.7 Å². The summed E-state index contributed by atoms with van der Waals surface area (Å²) in [5.74, 6) is 1.31. The fourth-order valence-electron chi connectivity index (χ4n) is 4.37. The van der Waals surface area contributed by atoms with Crippen LogP contribution in [-0.2, 0) is 0 Å². The van der Waals surface area contributed by atoms with Crippen molar-refractivity contribution in [1.29, 1.82) is 0 Å². The van der Waals surface area contributed by atoms with Crippen LogP contribution in [0.15, 0.2) is 60.7 Å². The maximum absolute atomic E-state index is 5.87. The number of pyridine rings is 1.